The molecule has 5 nitrogen and oxygen atoms in total. The van der Waals surface area contributed by atoms with Gasteiger partial charge in [-0.1, -0.05) is 32.9 Å². The van der Waals surface area contributed by atoms with E-state index in [0.29, 0.717) is 11.3 Å². The number of benzene rings is 1. The van der Waals surface area contributed by atoms with Gasteiger partial charge >= 0.3 is 0 Å². The van der Waals surface area contributed by atoms with E-state index in [2.05, 4.69) is 36.1 Å². The minimum atomic E-state index is -0.302. The number of aromatic amines is 1. The van der Waals surface area contributed by atoms with Crippen LogP contribution in [0.4, 0.5) is 5.95 Å². The van der Waals surface area contributed by atoms with E-state index in [1.807, 2.05) is 12.1 Å². The summed E-state index contributed by atoms with van der Waals surface area (Å²) in [5, 5.41) is 2.59. The van der Waals surface area contributed by atoms with E-state index in [4.69, 9.17) is 0 Å². The van der Waals surface area contributed by atoms with E-state index < -0.39 is 0 Å². The van der Waals surface area contributed by atoms with Gasteiger partial charge in [-0.25, -0.2) is 4.98 Å². The second kappa shape index (κ2) is 5.52. The molecule has 0 spiro atoms. The average molecular weight is 285 g/mol. The van der Waals surface area contributed by atoms with Crippen molar-refractivity contribution < 1.29 is 4.79 Å². The molecular formula is C16H19N3O2. The average Bonchev–Trinajstić information content (AvgIpc) is 2.36. The SMILES string of the molecule is Cc1cc(=O)[nH]c(NC(=O)c2ccc(C(C)(C)C)cc2)n1. The highest BCUT2D eigenvalue weighted by Gasteiger charge is 2.14. The number of aromatic nitrogens is 2. The summed E-state index contributed by atoms with van der Waals surface area (Å²) < 4.78 is 0. The molecule has 110 valence electrons. The zero-order chi connectivity index (χ0) is 15.6. The first kappa shape index (κ1) is 15.0. The molecule has 0 saturated heterocycles. The maximum absolute atomic E-state index is 12.1. The molecule has 0 unspecified atom stereocenters. The first-order chi connectivity index (χ1) is 9.75. The van der Waals surface area contributed by atoms with Crippen molar-refractivity contribution in [2.24, 2.45) is 0 Å². The molecule has 21 heavy (non-hydrogen) atoms. The van der Waals surface area contributed by atoms with Crippen molar-refractivity contribution in [1.82, 2.24) is 9.97 Å². The fraction of sp³-hybridized carbons (Fsp3) is 0.312. The number of nitrogens with zero attached hydrogens (tertiary/aromatic N) is 1. The summed E-state index contributed by atoms with van der Waals surface area (Å²) in [5.74, 6) is -0.144. The number of nitrogens with one attached hydrogen (secondary N) is 2. The molecule has 1 aromatic heterocycles. The molecule has 5 heteroatoms. The Kier molecular flexibility index (Phi) is 3.93. The smallest absolute Gasteiger partial charge is 0.257 e. The van der Waals surface area contributed by atoms with Crippen LogP contribution in [0.25, 0.3) is 0 Å². The molecule has 2 aromatic rings. The Balaban J connectivity index is 2.19. The van der Waals surface area contributed by atoms with Gasteiger partial charge in [0.05, 0.1) is 0 Å². The van der Waals surface area contributed by atoms with E-state index in [1.165, 1.54) is 6.07 Å². The first-order valence-electron chi connectivity index (χ1n) is 6.75. The predicted octanol–water partition coefficient (Wildman–Crippen LogP) is 2.63. The van der Waals surface area contributed by atoms with Crippen molar-refractivity contribution in [3.63, 3.8) is 0 Å². The Bertz CT molecular complexity index is 710. The van der Waals surface area contributed by atoms with E-state index >= 15 is 0 Å². The minimum absolute atomic E-state index is 0.0400. The summed E-state index contributed by atoms with van der Waals surface area (Å²) in [6.07, 6.45) is 0. The number of H-pyrrole nitrogens is 1. The lowest BCUT2D eigenvalue weighted by atomic mass is 9.87. The molecular weight excluding hydrogens is 266 g/mol. The van der Waals surface area contributed by atoms with Crippen LogP contribution in [-0.2, 0) is 5.41 Å². The van der Waals surface area contributed by atoms with Gasteiger partial charge in [0.25, 0.3) is 11.5 Å². The summed E-state index contributed by atoms with van der Waals surface area (Å²) in [7, 11) is 0. The van der Waals surface area contributed by atoms with Crippen LogP contribution in [0, 0.1) is 6.92 Å². The Hall–Kier alpha value is -2.43. The lowest BCUT2D eigenvalue weighted by molar-refractivity contribution is 0.102. The van der Waals surface area contributed by atoms with Crippen LogP contribution in [-0.4, -0.2) is 15.9 Å². The molecule has 0 aliphatic carbocycles. The summed E-state index contributed by atoms with van der Waals surface area (Å²) in [6.45, 7) is 8.04. The lowest BCUT2D eigenvalue weighted by Gasteiger charge is -2.19. The molecule has 0 aliphatic rings. The van der Waals surface area contributed by atoms with Crippen molar-refractivity contribution in [2.75, 3.05) is 5.32 Å². The number of hydrogen-bond acceptors (Lipinski definition) is 3. The fourth-order valence-corrected chi connectivity index (χ4v) is 1.94. The second-order valence-electron chi connectivity index (χ2n) is 6.02. The summed E-state index contributed by atoms with van der Waals surface area (Å²) in [4.78, 5) is 30.0. The molecule has 2 N–H and O–H groups in total. The number of anilines is 1. The summed E-state index contributed by atoms with van der Waals surface area (Å²) in [6, 6.07) is 8.77. The van der Waals surface area contributed by atoms with Crippen LogP contribution in [0.15, 0.2) is 35.1 Å². The Morgan fingerprint density at radius 1 is 1.19 bits per heavy atom. The quantitative estimate of drug-likeness (QED) is 0.890. The van der Waals surface area contributed by atoms with Gasteiger partial charge in [-0.3, -0.25) is 19.9 Å². The fourth-order valence-electron chi connectivity index (χ4n) is 1.94. The normalized spacial score (nSPS) is 11.2. The third-order valence-electron chi connectivity index (χ3n) is 3.11. The van der Waals surface area contributed by atoms with Gasteiger partial charge in [-0.2, -0.15) is 0 Å². The van der Waals surface area contributed by atoms with Crippen molar-refractivity contribution in [1.29, 1.82) is 0 Å². The number of hydrogen-bond donors (Lipinski definition) is 2. The van der Waals surface area contributed by atoms with Gasteiger partial charge in [-0.15, -0.1) is 0 Å². The summed E-state index contributed by atoms with van der Waals surface area (Å²) in [5.41, 5.74) is 1.98. The summed E-state index contributed by atoms with van der Waals surface area (Å²) >= 11 is 0. The van der Waals surface area contributed by atoms with Crippen LogP contribution >= 0.6 is 0 Å². The highest BCUT2D eigenvalue weighted by atomic mass is 16.2. The monoisotopic (exact) mass is 285 g/mol. The molecule has 0 aliphatic heterocycles. The zero-order valence-electron chi connectivity index (χ0n) is 12.7. The van der Waals surface area contributed by atoms with E-state index in [-0.39, 0.29) is 22.8 Å². The largest absolute Gasteiger partial charge is 0.292 e. The van der Waals surface area contributed by atoms with Crippen LogP contribution in [0.2, 0.25) is 0 Å². The van der Waals surface area contributed by atoms with Gasteiger partial charge in [-0.05, 0) is 30.0 Å². The molecule has 1 amide bonds. The van der Waals surface area contributed by atoms with Crippen LogP contribution < -0.4 is 10.9 Å². The second-order valence-corrected chi connectivity index (χ2v) is 6.02. The Labute approximate surface area is 123 Å². The number of carbonyl (C=O) groups excluding carboxylic acids is 1. The van der Waals surface area contributed by atoms with E-state index in [0.717, 1.165) is 5.56 Å². The van der Waals surface area contributed by atoms with Crippen LogP contribution in [0.5, 0.6) is 0 Å². The molecule has 0 bridgehead atoms. The third kappa shape index (κ3) is 3.78. The predicted molar refractivity (Wildman–Crippen MR) is 82.7 cm³/mol. The highest BCUT2D eigenvalue weighted by Crippen LogP contribution is 2.22. The molecule has 1 heterocycles. The third-order valence-corrected chi connectivity index (χ3v) is 3.11. The van der Waals surface area contributed by atoms with Crippen LogP contribution in [0.1, 0.15) is 42.4 Å². The van der Waals surface area contributed by atoms with Gasteiger partial charge in [0.15, 0.2) is 0 Å². The van der Waals surface area contributed by atoms with E-state index in [1.54, 1.807) is 19.1 Å². The number of rotatable bonds is 2. The molecule has 1 aromatic carbocycles. The molecule has 0 saturated carbocycles. The van der Waals surface area contributed by atoms with Crippen molar-refractivity contribution in [3.8, 4) is 0 Å². The van der Waals surface area contributed by atoms with Gasteiger partial charge < -0.3 is 0 Å². The Morgan fingerprint density at radius 3 is 2.33 bits per heavy atom. The van der Waals surface area contributed by atoms with Crippen molar-refractivity contribution in [2.45, 2.75) is 33.1 Å². The minimum Gasteiger partial charge on any atom is -0.292 e. The number of amides is 1. The number of carbonyl (C=O) groups is 1. The Morgan fingerprint density at radius 2 is 1.81 bits per heavy atom. The first-order valence-corrected chi connectivity index (χ1v) is 6.75. The molecule has 2 rings (SSSR count). The van der Waals surface area contributed by atoms with Crippen LogP contribution in [0.3, 0.4) is 0 Å². The van der Waals surface area contributed by atoms with Crippen molar-refractivity contribution in [3.05, 3.63) is 57.5 Å². The highest BCUT2D eigenvalue weighted by molar-refractivity contribution is 6.03. The molecule has 0 fully saturated rings. The van der Waals surface area contributed by atoms with Crippen molar-refractivity contribution >= 4 is 11.9 Å². The topological polar surface area (TPSA) is 74.8 Å². The van der Waals surface area contributed by atoms with Gasteiger partial charge in [0.1, 0.15) is 0 Å². The maximum atomic E-state index is 12.1. The van der Waals surface area contributed by atoms with Gasteiger partial charge in [0.2, 0.25) is 5.95 Å². The number of aryl methyl sites for hydroxylation is 1. The standard InChI is InChI=1S/C16H19N3O2/c1-10-9-13(20)18-15(17-10)19-14(21)11-5-7-12(8-6-11)16(2,3)4/h5-9H,1-4H3,(H2,17,18,19,20,21). The van der Waals surface area contributed by atoms with Gasteiger partial charge in [0, 0.05) is 17.3 Å². The lowest BCUT2D eigenvalue weighted by Crippen LogP contribution is -2.19. The maximum Gasteiger partial charge on any atom is 0.257 e. The zero-order valence-corrected chi connectivity index (χ0v) is 12.7. The molecule has 0 atom stereocenters. The molecule has 0 radical (unpaired) electrons. The van der Waals surface area contributed by atoms with E-state index in [9.17, 15) is 9.59 Å².